The second kappa shape index (κ2) is 12.9. The van der Waals surface area contributed by atoms with Crippen LogP contribution in [0.2, 0.25) is 0 Å². The van der Waals surface area contributed by atoms with Crippen molar-refractivity contribution < 1.29 is 29.0 Å². The smallest absolute Gasteiger partial charge is 0.320 e. The molecule has 1 unspecified atom stereocenters. The molecule has 0 saturated carbocycles. The number of ether oxygens (including phenoxy) is 2. The largest absolute Gasteiger partial charge is 0.392 e. The molecular formula is C31H36N4O6. The van der Waals surface area contributed by atoms with Crippen LogP contribution in [0.4, 0.5) is 16.2 Å². The first kappa shape index (κ1) is 29.7. The van der Waals surface area contributed by atoms with Gasteiger partial charge in [0.25, 0.3) is 5.91 Å². The Labute approximate surface area is 239 Å². The van der Waals surface area contributed by atoms with Crippen molar-refractivity contribution in [2.75, 3.05) is 30.0 Å². The number of fused-ring (bicyclic) bond motifs is 1. The number of primary amides is 1. The van der Waals surface area contributed by atoms with Crippen molar-refractivity contribution in [2.24, 2.45) is 5.73 Å². The maximum absolute atomic E-state index is 14.6. The van der Waals surface area contributed by atoms with Crippen molar-refractivity contribution in [3.8, 4) is 0 Å². The number of nitrogens with zero attached hydrogens (tertiary/aromatic N) is 1. The van der Waals surface area contributed by atoms with E-state index >= 15 is 0 Å². The number of rotatable bonds is 12. The minimum atomic E-state index is -1.90. The molecule has 4 amide bonds. The zero-order valence-electron chi connectivity index (χ0n) is 23.4. The number of carbonyl (C=O) groups excluding carboxylic acids is 3. The number of para-hydroxylation sites is 1. The van der Waals surface area contributed by atoms with E-state index in [4.69, 9.17) is 15.2 Å². The third-order valence-electron chi connectivity index (χ3n) is 7.07. The number of aliphatic hydroxyl groups is 1. The summed E-state index contributed by atoms with van der Waals surface area (Å²) in [6, 6.07) is 20.0. The Balaban J connectivity index is 1.86. The van der Waals surface area contributed by atoms with E-state index < -0.39 is 35.6 Å². The van der Waals surface area contributed by atoms with Crippen molar-refractivity contribution in [1.29, 1.82) is 0 Å². The molecule has 10 heteroatoms. The Morgan fingerprint density at radius 1 is 0.976 bits per heavy atom. The van der Waals surface area contributed by atoms with Gasteiger partial charge in [-0.15, -0.1) is 0 Å². The fourth-order valence-corrected chi connectivity index (χ4v) is 5.23. The van der Waals surface area contributed by atoms with E-state index in [0.29, 0.717) is 41.3 Å². The molecule has 0 saturated heterocycles. The number of nitrogens with two attached hydrogens (primary N) is 1. The lowest BCUT2D eigenvalue weighted by atomic mass is 9.74. The van der Waals surface area contributed by atoms with Crippen molar-refractivity contribution in [3.63, 3.8) is 0 Å². The minimum Gasteiger partial charge on any atom is -0.392 e. The quantitative estimate of drug-likeness (QED) is 0.250. The number of carbonyl (C=O) groups is 3. The van der Waals surface area contributed by atoms with Gasteiger partial charge >= 0.3 is 6.03 Å². The molecule has 1 aliphatic rings. The molecule has 2 atom stereocenters. The van der Waals surface area contributed by atoms with Gasteiger partial charge in [-0.05, 0) is 50.1 Å². The first-order valence-electron chi connectivity index (χ1n) is 13.5. The molecule has 3 aromatic carbocycles. The Morgan fingerprint density at radius 3 is 2.20 bits per heavy atom. The molecule has 1 aliphatic heterocycles. The molecule has 3 aromatic rings. The maximum Gasteiger partial charge on any atom is 0.320 e. The predicted octanol–water partition coefficient (Wildman–Crippen LogP) is 3.52. The van der Waals surface area contributed by atoms with Crippen LogP contribution in [0.5, 0.6) is 0 Å². The summed E-state index contributed by atoms with van der Waals surface area (Å²) in [5.74, 6) is -2.67. The van der Waals surface area contributed by atoms with Crippen LogP contribution in [0.25, 0.3) is 0 Å². The Hall–Kier alpha value is -4.25. The molecule has 4 rings (SSSR count). The second-order valence-corrected chi connectivity index (χ2v) is 9.76. The highest BCUT2D eigenvalue weighted by Crippen LogP contribution is 2.48. The average Bonchev–Trinajstić information content (AvgIpc) is 3.18. The number of urea groups is 1. The molecule has 0 aromatic heterocycles. The summed E-state index contributed by atoms with van der Waals surface area (Å²) in [4.78, 5) is 43.0. The summed E-state index contributed by atoms with van der Waals surface area (Å²) in [6.45, 7) is 6.12. The highest BCUT2D eigenvalue weighted by Gasteiger charge is 2.59. The molecule has 41 heavy (non-hydrogen) atoms. The van der Waals surface area contributed by atoms with Crippen molar-refractivity contribution in [3.05, 3.63) is 95.1 Å². The van der Waals surface area contributed by atoms with Gasteiger partial charge in [0.1, 0.15) is 0 Å². The zero-order valence-corrected chi connectivity index (χ0v) is 23.4. The van der Waals surface area contributed by atoms with Gasteiger partial charge < -0.3 is 35.8 Å². The van der Waals surface area contributed by atoms with E-state index in [9.17, 15) is 19.5 Å². The summed E-state index contributed by atoms with van der Waals surface area (Å²) < 4.78 is 11.5. The molecule has 10 nitrogen and oxygen atoms in total. The Bertz CT molecular complexity index is 1370. The van der Waals surface area contributed by atoms with E-state index in [2.05, 4.69) is 10.6 Å². The number of amides is 4. The third-order valence-corrected chi connectivity index (χ3v) is 7.07. The van der Waals surface area contributed by atoms with E-state index in [1.54, 1.807) is 60.7 Å². The predicted molar refractivity (Wildman–Crippen MR) is 155 cm³/mol. The van der Waals surface area contributed by atoms with Crippen LogP contribution in [-0.2, 0) is 31.2 Å². The zero-order chi connectivity index (χ0) is 29.6. The molecule has 0 fully saturated rings. The van der Waals surface area contributed by atoms with Gasteiger partial charge in [0, 0.05) is 24.5 Å². The summed E-state index contributed by atoms with van der Waals surface area (Å²) >= 11 is 0. The Kier molecular flexibility index (Phi) is 9.38. The summed E-state index contributed by atoms with van der Waals surface area (Å²) in [6.07, 6.45) is -0.741. The van der Waals surface area contributed by atoms with E-state index in [-0.39, 0.29) is 13.2 Å². The lowest BCUT2D eigenvalue weighted by Gasteiger charge is -2.36. The first-order chi connectivity index (χ1) is 19.7. The number of hydrogen-bond acceptors (Lipinski definition) is 6. The molecule has 0 radical (unpaired) electrons. The molecule has 0 spiro atoms. The summed E-state index contributed by atoms with van der Waals surface area (Å²) in [5, 5.41) is 15.2. The monoisotopic (exact) mass is 560 g/mol. The lowest BCUT2D eigenvalue weighted by Crippen LogP contribution is -2.60. The number of aryl methyl sites for hydroxylation is 1. The van der Waals surface area contributed by atoms with Gasteiger partial charge in [-0.1, -0.05) is 60.2 Å². The van der Waals surface area contributed by atoms with Crippen molar-refractivity contribution >= 4 is 29.2 Å². The van der Waals surface area contributed by atoms with E-state index in [0.717, 1.165) is 5.56 Å². The van der Waals surface area contributed by atoms with Crippen LogP contribution in [0.15, 0.2) is 72.8 Å². The Morgan fingerprint density at radius 2 is 1.61 bits per heavy atom. The first-order valence-corrected chi connectivity index (χ1v) is 13.5. The number of benzene rings is 3. The van der Waals surface area contributed by atoms with Crippen LogP contribution in [0.1, 0.15) is 42.0 Å². The maximum atomic E-state index is 14.6. The van der Waals surface area contributed by atoms with Gasteiger partial charge in [-0.2, -0.15) is 0 Å². The van der Waals surface area contributed by atoms with Gasteiger partial charge in [-0.25, -0.2) is 4.79 Å². The molecule has 1 heterocycles. The van der Waals surface area contributed by atoms with Crippen LogP contribution in [-0.4, -0.2) is 49.0 Å². The standard InChI is InChI=1S/C31H36N4O6/c1-4-40-26(41-5-2)18-35-25-9-7-6-8-24(25)31(29(35)38,34-30(39)33-23-16-10-20(3)11-17-23)27(28(32)37)22-14-12-21(19-36)13-15-22/h6-17,26-27,36H,4-5,18-19H2,1-3H3,(H2,32,37)(H2,33,34,39)/t27?,31-/m0/s1. The van der Waals surface area contributed by atoms with Gasteiger partial charge in [0.05, 0.1) is 24.8 Å². The molecular weight excluding hydrogens is 524 g/mol. The van der Waals surface area contributed by atoms with E-state index in [1.807, 2.05) is 32.9 Å². The van der Waals surface area contributed by atoms with Crippen LogP contribution in [0, 0.1) is 6.92 Å². The van der Waals surface area contributed by atoms with Crippen molar-refractivity contribution in [1.82, 2.24) is 5.32 Å². The molecule has 216 valence electrons. The second-order valence-electron chi connectivity index (χ2n) is 9.76. The fourth-order valence-electron chi connectivity index (χ4n) is 5.23. The number of hydrogen-bond donors (Lipinski definition) is 4. The normalized spacial score (nSPS) is 16.9. The van der Waals surface area contributed by atoms with E-state index in [1.165, 1.54) is 4.90 Å². The highest BCUT2D eigenvalue weighted by molar-refractivity contribution is 6.13. The lowest BCUT2D eigenvalue weighted by molar-refractivity contribution is -0.139. The summed E-state index contributed by atoms with van der Waals surface area (Å²) in [5.41, 5.74) is 7.58. The van der Waals surface area contributed by atoms with Crippen LogP contribution >= 0.6 is 0 Å². The number of anilines is 2. The fraction of sp³-hybridized carbons (Fsp3) is 0.323. The number of nitrogens with one attached hydrogen (secondary N) is 2. The molecule has 5 N–H and O–H groups in total. The number of aliphatic hydroxyl groups excluding tert-OH is 1. The topological polar surface area (TPSA) is 143 Å². The third kappa shape index (κ3) is 6.09. The molecule has 0 bridgehead atoms. The SMILES string of the molecule is CCOC(CN1C(=O)[C@@](NC(=O)Nc2ccc(C)cc2)(C(C(N)=O)c2ccc(CO)cc2)c2ccccc21)OCC. The van der Waals surface area contributed by atoms with Gasteiger partial charge in [0.2, 0.25) is 5.91 Å². The van der Waals surface area contributed by atoms with Crippen LogP contribution < -0.4 is 21.3 Å². The highest BCUT2D eigenvalue weighted by atomic mass is 16.7. The molecule has 0 aliphatic carbocycles. The van der Waals surface area contributed by atoms with Gasteiger partial charge in [0.15, 0.2) is 11.8 Å². The van der Waals surface area contributed by atoms with Gasteiger partial charge in [-0.3, -0.25) is 9.59 Å². The average molecular weight is 561 g/mol. The van der Waals surface area contributed by atoms with Crippen LogP contribution in [0.3, 0.4) is 0 Å². The minimum absolute atomic E-state index is 0.0233. The summed E-state index contributed by atoms with van der Waals surface area (Å²) in [7, 11) is 0. The van der Waals surface area contributed by atoms with Crippen molar-refractivity contribution in [2.45, 2.75) is 45.1 Å².